The minimum absolute atomic E-state index is 0. The third-order valence-electron chi connectivity index (χ3n) is 4.15. The van der Waals surface area contributed by atoms with E-state index in [0.717, 1.165) is 11.1 Å². The second kappa shape index (κ2) is 12.6. The van der Waals surface area contributed by atoms with Gasteiger partial charge in [0.2, 0.25) is 0 Å². The Kier molecular flexibility index (Phi) is 10.8. The average Bonchev–Trinajstić information content (AvgIpc) is 2.67. The number of benzene rings is 2. The first-order valence-electron chi connectivity index (χ1n) is 9.13. The lowest BCUT2D eigenvalue weighted by Gasteiger charge is -2.19. The first-order valence-corrected chi connectivity index (χ1v) is 9.13. The number of aliphatic hydroxyl groups excluding tert-OH is 1. The molecule has 2 atom stereocenters. The predicted octanol–water partition coefficient (Wildman–Crippen LogP) is 3.67. The number of nitrogens with zero attached hydrogens (tertiary/aromatic N) is 1. The highest BCUT2D eigenvalue weighted by Gasteiger charge is 2.12. The number of methoxy groups -OCH3 is 1. The number of aliphatic imine (C=N–C) groups is 1. The zero-order valence-electron chi connectivity index (χ0n) is 16.5. The standard InChI is InChI=1S/C21H28FN3O2.HI/c1-4-23-21(24-14-18(26)12-16-8-6-5-7-9-16)25-15(2)17-10-11-20(27-3)19(22)13-17;/h5-11,13,15,18,26H,4,12,14H2,1-3H3,(H2,23,24,25);1H. The van der Waals surface area contributed by atoms with Crippen LogP contribution in [0.1, 0.15) is 31.0 Å². The number of ether oxygens (including phenoxy) is 1. The quantitative estimate of drug-likeness (QED) is 0.294. The van der Waals surface area contributed by atoms with E-state index in [0.29, 0.717) is 18.9 Å². The molecule has 2 aromatic rings. The summed E-state index contributed by atoms with van der Waals surface area (Å²) < 4.78 is 18.9. The molecule has 0 amide bonds. The zero-order chi connectivity index (χ0) is 19.6. The van der Waals surface area contributed by atoms with Crippen LogP contribution in [0.5, 0.6) is 5.75 Å². The highest BCUT2D eigenvalue weighted by molar-refractivity contribution is 14.0. The highest BCUT2D eigenvalue weighted by Crippen LogP contribution is 2.21. The zero-order valence-corrected chi connectivity index (χ0v) is 18.8. The monoisotopic (exact) mass is 501 g/mol. The Morgan fingerprint density at radius 2 is 1.93 bits per heavy atom. The van der Waals surface area contributed by atoms with Gasteiger partial charge in [-0.25, -0.2) is 4.39 Å². The van der Waals surface area contributed by atoms with Crippen molar-refractivity contribution in [2.75, 3.05) is 20.2 Å². The van der Waals surface area contributed by atoms with Gasteiger partial charge < -0.3 is 20.5 Å². The van der Waals surface area contributed by atoms with E-state index in [1.54, 1.807) is 6.07 Å². The summed E-state index contributed by atoms with van der Waals surface area (Å²) >= 11 is 0. The van der Waals surface area contributed by atoms with Crippen LogP contribution >= 0.6 is 24.0 Å². The van der Waals surface area contributed by atoms with Crippen LogP contribution in [0.3, 0.4) is 0 Å². The van der Waals surface area contributed by atoms with E-state index in [1.807, 2.05) is 50.2 Å². The molecule has 0 aliphatic heterocycles. The fourth-order valence-corrected chi connectivity index (χ4v) is 2.71. The molecular formula is C21H29FIN3O2. The minimum atomic E-state index is -0.573. The number of rotatable bonds is 8. The second-order valence-electron chi connectivity index (χ2n) is 6.32. The molecule has 0 bridgehead atoms. The summed E-state index contributed by atoms with van der Waals surface area (Å²) in [6.07, 6.45) is -0.0280. The fourth-order valence-electron chi connectivity index (χ4n) is 2.71. The minimum Gasteiger partial charge on any atom is -0.494 e. The van der Waals surface area contributed by atoms with Gasteiger partial charge in [0.05, 0.1) is 25.8 Å². The summed E-state index contributed by atoms with van der Waals surface area (Å²) in [5.74, 6) is 0.396. The maximum atomic E-state index is 13.9. The van der Waals surface area contributed by atoms with Crippen LogP contribution in [0.15, 0.2) is 53.5 Å². The van der Waals surface area contributed by atoms with Gasteiger partial charge in [-0.2, -0.15) is 0 Å². The summed E-state index contributed by atoms with van der Waals surface area (Å²) in [6.45, 7) is 4.85. The lowest BCUT2D eigenvalue weighted by Crippen LogP contribution is -2.39. The Morgan fingerprint density at radius 1 is 1.21 bits per heavy atom. The van der Waals surface area contributed by atoms with Crippen molar-refractivity contribution in [3.63, 3.8) is 0 Å². The Bertz CT molecular complexity index is 744. The SMILES string of the molecule is CCNC(=NCC(O)Cc1ccccc1)NC(C)c1ccc(OC)c(F)c1.I. The van der Waals surface area contributed by atoms with Gasteiger partial charge in [0.1, 0.15) is 0 Å². The molecule has 2 aromatic carbocycles. The van der Waals surface area contributed by atoms with Gasteiger partial charge in [0.25, 0.3) is 0 Å². The third kappa shape index (κ3) is 7.63. The van der Waals surface area contributed by atoms with Gasteiger partial charge in [-0.05, 0) is 37.1 Å². The van der Waals surface area contributed by atoms with Crippen molar-refractivity contribution in [3.8, 4) is 5.75 Å². The molecule has 5 nitrogen and oxygen atoms in total. The van der Waals surface area contributed by atoms with Crippen molar-refractivity contribution in [1.82, 2.24) is 10.6 Å². The number of aliphatic hydroxyl groups is 1. The Morgan fingerprint density at radius 3 is 2.54 bits per heavy atom. The third-order valence-corrected chi connectivity index (χ3v) is 4.15. The summed E-state index contributed by atoms with van der Waals surface area (Å²) in [5.41, 5.74) is 1.85. The van der Waals surface area contributed by atoms with E-state index < -0.39 is 11.9 Å². The summed E-state index contributed by atoms with van der Waals surface area (Å²) in [5, 5.41) is 16.6. The predicted molar refractivity (Wildman–Crippen MR) is 122 cm³/mol. The van der Waals surface area contributed by atoms with Crippen molar-refractivity contribution in [3.05, 3.63) is 65.5 Å². The van der Waals surface area contributed by atoms with Crippen LogP contribution in [-0.2, 0) is 6.42 Å². The van der Waals surface area contributed by atoms with Crippen molar-refractivity contribution < 1.29 is 14.2 Å². The van der Waals surface area contributed by atoms with Gasteiger partial charge in [-0.1, -0.05) is 36.4 Å². The molecule has 0 aliphatic carbocycles. The van der Waals surface area contributed by atoms with E-state index >= 15 is 0 Å². The maximum absolute atomic E-state index is 13.9. The fraction of sp³-hybridized carbons (Fsp3) is 0.381. The number of hydrogen-bond donors (Lipinski definition) is 3. The summed E-state index contributed by atoms with van der Waals surface area (Å²) in [7, 11) is 1.44. The Labute approximate surface area is 183 Å². The number of hydrogen-bond acceptors (Lipinski definition) is 3. The van der Waals surface area contributed by atoms with Gasteiger partial charge >= 0.3 is 0 Å². The Balaban J connectivity index is 0.00000392. The highest BCUT2D eigenvalue weighted by atomic mass is 127. The first kappa shape index (κ1) is 24.2. The van der Waals surface area contributed by atoms with Gasteiger partial charge in [0.15, 0.2) is 17.5 Å². The maximum Gasteiger partial charge on any atom is 0.191 e. The van der Waals surface area contributed by atoms with Crippen molar-refractivity contribution >= 4 is 29.9 Å². The van der Waals surface area contributed by atoms with Crippen LogP contribution in [0, 0.1) is 5.82 Å². The molecule has 0 saturated heterocycles. The van der Waals surface area contributed by atoms with Crippen molar-refractivity contribution in [2.45, 2.75) is 32.4 Å². The van der Waals surface area contributed by atoms with Gasteiger partial charge in [0, 0.05) is 13.0 Å². The van der Waals surface area contributed by atoms with Crippen LogP contribution in [0.2, 0.25) is 0 Å². The molecular weight excluding hydrogens is 472 g/mol. The van der Waals surface area contributed by atoms with Crippen molar-refractivity contribution in [1.29, 1.82) is 0 Å². The molecule has 0 aromatic heterocycles. The topological polar surface area (TPSA) is 65.9 Å². The number of guanidine groups is 1. The molecule has 0 heterocycles. The normalized spacial score (nSPS) is 13.2. The summed E-state index contributed by atoms with van der Waals surface area (Å²) in [6, 6.07) is 14.5. The first-order chi connectivity index (χ1) is 13.0. The van der Waals surface area contributed by atoms with Crippen LogP contribution < -0.4 is 15.4 Å². The second-order valence-corrected chi connectivity index (χ2v) is 6.32. The lowest BCUT2D eigenvalue weighted by molar-refractivity contribution is 0.183. The molecule has 2 rings (SSSR count). The summed E-state index contributed by atoms with van der Waals surface area (Å²) in [4.78, 5) is 4.46. The van der Waals surface area contributed by atoms with Gasteiger partial charge in [-0.3, -0.25) is 4.99 Å². The van der Waals surface area contributed by atoms with Crippen molar-refractivity contribution in [2.24, 2.45) is 4.99 Å². The van der Waals surface area contributed by atoms with Crippen LogP contribution in [0.4, 0.5) is 4.39 Å². The molecule has 0 fully saturated rings. The molecule has 28 heavy (non-hydrogen) atoms. The van der Waals surface area contributed by atoms with E-state index in [2.05, 4.69) is 15.6 Å². The number of halogens is 2. The lowest BCUT2D eigenvalue weighted by atomic mass is 10.1. The molecule has 0 radical (unpaired) electrons. The largest absolute Gasteiger partial charge is 0.494 e. The van der Waals surface area contributed by atoms with E-state index in [9.17, 15) is 9.50 Å². The molecule has 0 aliphatic rings. The van der Waals surface area contributed by atoms with Crippen LogP contribution in [-0.4, -0.2) is 37.4 Å². The molecule has 0 saturated carbocycles. The molecule has 154 valence electrons. The Hall–Kier alpha value is -1.87. The van der Waals surface area contributed by atoms with E-state index in [4.69, 9.17) is 4.74 Å². The van der Waals surface area contributed by atoms with Crippen LogP contribution in [0.25, 0.3) is 0 Å². The van der Waals surface area contributed by atoms with E-state index in [-0.39, 0.29) is 42.3 Å². The van der Waals surface area contributed by atoms with E-state index in [1.165, 1.54) is 13.2 Å². The molecule has 7 heteroatoms. The number of nitrogens with one attached hydrogen (secondary N) is 2. The molecule has 2 unspecified atom stereocenters. The van der Waals surface area contributed by atoms with Gasteiger partial charge in [-0.15, -0.1) is 24.0 Å². The average molecular weight is 501 g/mol. The smallest absolute Gasteiger partial charge is 0.191 e. The molecule has 3 N–H and O–H groups in total. The molecule has 0 spiro atoms.